The Bertz CT molecular complexity index is 1600. The van der Waals surface area contributed by atoms with Crippen LogP contribution in [0.5, 0.6) is 17.2 Å². The number of aromatic nitrogens is 1. The van der Waals surface area contributed by atoms with Gasteiger partial charge in [0, 0.05) is 23.0 Å². The molecule has 0 fully saturated rings. The molecule has 0 atom stereocenters. The van der Waals surface area contributed by atoms with Gasteiger partial charge in [-0.05, 0) is 80.6 Å². The molecule has 0 saturated heterocycles. The first-order valence-electron chi connectivity index (χ1n) is 12.3. The van der Waals surface area contributed by atoms with Crippen molar-refractivity contribution in [2.75, 3.05) is 26.6 Å². The van der Waals surface area contributed by atoms with E-state index >= 15 is 0 Å². The summed E-state index contributed by atoms with van der Waals surface area (Å²) >= 11 is 0. The van der Waals surface area contributed by atoms with Crippen molar-refractivity contribution >= 4 is 32.7 Å². The molecule has 9 nitrogen and oxygen atoms in total. The predicted molar refractivity (Wildman–Crippen MR) is 146 cm³/mol. The van der Waals surface area contributed by atoms with E-state index in [4.69, 9.17) is 18.9 Å². The Hall–Kier alpha value is -4.31. The summed E-state index contributed by atoms with van der Waals surface area (Å²) in [4.78, 5) is 26.1. The van der Waals surface area contributed by atoms with Crippen molar-refractivity contribution in [2.45, 2.75) is 25.2 Å². The smallest absolute Gasteiger partial charge is 0.340 e. The standard InChI is InChI=1S/C29H29NO8S/c1-5-36-27(31)18-26-28(29(32)37-6-2)24-17-22(38-21-11-14-23(15-12-21)39(4,33)34)13-16-25(24)30(26)19-7-9-20(35-3)10-8-19/h7-17H,5-6,18H2,1-4H3. The lowest BCUT2D eigenvalue weighted by Crippen LogP contribution is -2.15. The summed E-state index contributed by atoms with van der Waals surface area (Å²) in [6.45, 7) is 3.78. The van der Waals surface area contributed by atoms with Crippen molar-refractivity contribution in [2.24, 2.45) is 0 Å². The van der Waals surface area contributed by atoms with Crippen LogP contribution in [0.25, 0.3) is 16.6 Å². The van der Waals surface area contributed by atoms with Crippen LogP contribution in [-0.4, -0.2) is 51.5 Å². The SMILES string of the molecule is CCOC(=O)Cc1c(C(=O)OCC)c2cc(Oc3ccc(S(C)(=O)=O)cc3)ccc2n1-c1ccc(OC)cc1. The van der Waals surface area contributed by atoms with E-state index in [2.05, 4.69) is 0 Å². The van der Waals surface area contributed by atoms with Crippen LogP contribution in [0.3, 0.4) is 0 Å². The molecule has 3 aromatic carbocycles. The van der Waals surface area contributed by atoms with E-state index < -0.39 is 21.8 Å². The molecular formula is C29H29NO8S. The van der Waals surface area contributed by atoms with Gasteiger partial charge in [0.15, 0.2) is 9.84 Å². The van der Waals surface area contributed by atoms with Gasteiger partial charge in [-0.25, -0.2) is 13.2 Å². The summed E-state index contributed by atoms with van der Waals surface area (Å²) in [6.07, 6.45) is 0.973. The monoisotopic (exact) mass is 551 g/mol. The minimum atomic E-state index is -3.34. The first-order chi connectivity index (χ1) is 18.7. The van der Waals surface area contributed by atoms with Gasteiger partial charge in [-0.2, -0.15) is 0 Å². The van der Waals surface area contributed by atoms with Crippen molar-refractivity contribution in [3.8, 4) is 22.9 Å². The molecule has 0 bridgehead atoms. The molecule has 10 heteroatoms. The zero-order chi connectivity index (χ0) is 28.2. The van der Waals surface area contributed by atoms with Crippen LogP contribution < -0.4 is 9.47 Å². The molecule has 0 spiro atoms. The summed E-state index contributed by atoms with van der Waals surface area (Å²) in [5.41, 5.74) is 2.01. The van der Waals surface area contributed by atoms with Crippen LogP contribution in [0.15, 0.2) is 71.6 Å². The molecular weight excluding hydrogens is 522 g/mol. The molecule has 1 heterocycles. The third kappa shape index (κ3) is 6.06. The number of fused-ring (bicyclic) bond motifs is 1. The fraction of sp³-hybridized carbons (Fsp3) is 0.241. The van der Waals surface area contributed by atoms with Gasteiger partial charge in [-0.1, -0.05) is 0 Å². The number of hydrogen-bond acceptors (Lipinski definition) is 8. The van der Waals surface area contributed by atoms with Gasteiger partial charge in [0.05, 0.1) is 42.7 Å². The Labute approximate surface area is 226 Å². The zero-order valence-electron chi connectivity index (χ0n) is 22.1. The predicted octanol–water partition coefficient (Wildman–Crippen LogP) is 5.12. The largest absolute Gasteiger partial charge is 0.497 e. The second kappa shape index (κ2) is 11.6. The summed E-state index contributed by atoms with van der Waals surface area (Å²) in [7, 11) is -1.77. The summed E-state index contributed by atoms with van der Waals surface area (Å²) in [5.74, 6) is 0.424. The number of esters is 2. The van der Waals surface area contributed by atoms with Crippen molar-refractivity contribution in [1.29, 1.82) is 0 Å². The van der Waals surface area contributed by atoms with E-state index in [1.165, 1.54) is 12.1 Å². The quantitative estimate of drug-likeness (QED) is 0.250. The lowest BCUT2D eigenvalue weighted by atomic mass is 10.1. The molecule has 0 amide bonds. The van der Waals surface area contributed by atoms with Gasteiger partial charge in [0.25, 0.3) is 0 Å². The van der Waals surface area contributed by atoms with E-state index in [1.54, 1.807) is 63.4 Å². The minimum Gasteiger partial charge on any atom is -0.497 e. The minimum absolute atomic E-state index is 0.149. The van der Waals surface area contributed by atoms with Gasteiger partial charge in [0.1, 0.15) is 17.2 Å². The van der Waals surface area contributed by atoms with E-state index in [9.17, 15) is 18.0 Å². The Morgan fingerprint density at radius 3 is 2.03 bits per heavy atom. The number of rotatable bonds is 10. The number of sulfone groups is 1. The highest BCUT2D eigenvalue weighted by Crippen LogP contribution is 2.35. The molecule has 0 aliphatic carbocycles. The van der Waals surface area contributed by atoms with Crippen molar-refractivity contribution in [3.05, 3.63) is 78.0 Å². The normalized spacial score (nSPS) is 11.3. The fourth-order valence-corrected chi connectivity index (χ4v) is 4.88. The van der Waals surface area contributed by atoms with Crippen molar-refractivity contribution in [1.82, 2.24) is 4.57 Å². The van der Waals surface area contributed by atoms with Crippen LogP contribution in [0.1, 0.15) is 29.9 Å². The fourth-order valence-electron chi connectivity index (χ4n) is 4.25. The molecule has 0 aliphatic heterocycles. The topological polar surface area (TPSA) is 110 Å². The Balaban J connectivity index is 1.88. The third-order valence-corrected chi connectivity index (χ3v) is 7.08. The molecule has 4 aromatic rings. The van der Waals surface area contributed by atoms with Gasteiger partial charge in [-0.3, -0.25) is 4.79 Å². The number of carbonyl (C=O) groups excluding carboxylic acids is 2. The summed E-state index contributed by atoms with van der Waals surface area (Å²) < 4.78 is 47.3. The maximum Gasteiger partial charge on any atom is 0.340 e. The first kappa shape index (κ1) is 27.7. The maximum absolute atomic E-state index is 13.3. The summed E-state index contributed by atoms with van der Waals surface area (Å²) in [6, 6.07) is 18.5. The van der Waals surface area contributed by atoms with Crippen LogP contribution in [0.2, 0.25) is 0 Å². The second-order valence-electron chi connectivity index (χ2n) is 8.58. The summed E-state index contributed by atoms with van der Waals surface area (Å²) in [5, 5.41) is 0.522. The van der Waals surface area contributed by atoms with Gasteiger partial charge in [-0.15, -0.1) is 0 Å². The van der Waals surface area contributed by atoms with E-state index in [1.807, 2.05) is 16.7 Å². The molecule has 0 aliphatic rings. The number of hydrogen-bond donors (Lipinski definition) is 0. The van der Waals surface area contributed by atoms with E-state index in [-0.39, 0.29) is 30.1 Å². The van der Waals surface area contributed by atoms with Gasteiger partial charge < -0.3 is 23.5 Å². The molecule has 0 N–H and O–H groups in total. The average Bonchev–Trinajstić information content (AvgIpc) is 3.21. The van der Waals surface area contributed by atoms with E-state index in [0.29, 0.717) is 39.5 Å². The van der Waals surface area contributed by atoms with Gasteiger partial charge in [0.2, 0.25) is 0 Å². The Morgan fingerprint density at radius 1 is 0.821 bits per heavy atom. The van der Waals surface area contributed by atoms with Crippen LogP contribution in [-0.2, 0) is 30.5 Å². The average molecular weight is 552 g/mol. The molecule has 4 rings (SSSR count). The van der Waals surface area contributed by atoms with Crippen LogP contribution in [0.4, 0.5) is 0 Å². The lowest BCUT2D eigenvalue weighted by molar-refractivity contribution is -0.142. The number of nitrogens with zero attached hydrogens (tertiary/aromatic N) is 1. The van der Waals surface area contributed by atoms with E-state index in [0.717, 1.165) is 6.26 Å². The number of ether oxygens (including phenoxy) is 4. The molecule has 39 heavy (non-hydrogen) atoms. The maximum atomic E-state index is 13.3. The van der Waals surface area contributed by atoms with Gasteiger partial charge >= 0.3 is 11.9 Å². The van der Waals surface area contributed by atoms with Crippen LogP contribution >= 0.6 is 0 Å². The molecule has 0 saturated carbocycles. The molecule has 1 aromatic heterocycles. The Kier molecular flexibility index (Phi) is 8.25. The second-order valence-corrected chi connectivity index (χ2v) is 10.6. The lowest BCUT2D eigenvalue weighted by Gasteiger charge is -2.13. The molecule has 204 valence electrons. The van der Waals surface area contributed by atoms with Crippen molar-refractivity contribution in [3.63, 3.8) is 0 Å². The highest BCUT2D eigenvalue weighted by Gasteiger charge is 2.27. The van der Waals surface area contributed by atoms with Crippen molar-refractivity contribution < 1.29 is 37.0 Å². The number of carbonyl (C=O) groups is 2. The molecule has 0 unspecified atom stereocenters. The highest BCUT2D eigenvalue weighted by atomic mass is 32.2. The Morgan fingerprint density at radius 2 is 1.44 bits per heavy atom. The number of methoxy groups -OCH3 is 1. The highest BCUT2D eigenvalue weighted by molar-refractivity contribution is 7.90. The van der Waals surface area contributed by atoms with Crippen LogP contribution in [0, 0.1) is 0 Å². The third-order valence-electron chi connectivity index (χ3n) is 5.95. The number of benzene rings is 3. The molecule has 0 radical (unpaired) electrons. The first-order valence-corrected chi connectivity index (χ1v) is 14.2. The zero-order valence-corrected chi connectivity index (χ0v) is 22.9.